The molecule has 1 unspecified atom stereocenters. The summed E-state index contributed by atoms with van der Waals surface area (Å²) in [7, 11) is 0. The number of nitrogens with two attached hydrogens (primary N) is 1. The van der Waals surface area contributed by atoms with Crippen LogP contribution in [0, 0.1) is 5.92 Å². The number of ether oxygens (including phenoxy) is 1. The lowest BCUT2D eigenvalue weighted by Crippen LogP contribution is -2.57. The van der Waals surface area contributed by atoms with Crippen molar-refractivity contribution in [1.82, 2.24) is 5.32 Å². The van der Waals surface area contributed by atoms with E-state index in [9.17, 15) is 0 Å². The maximum Gasteiger partial charge on any atom is 0.0660 e. The molecule has 0 saturated carbocycles. The minimum absolute atomic E-state index is 0.0581. The number of hydrogen-bond acceptors (Lipinski definition) is 3. The van der Waals surface area contributed by atoms with Gasteiger partial charge >= 0.3 is 0 Å². The van der Waals surface area contributed by atoms with E-state index in [0.29, 0.717) is 12.5 Å². The van der Waals surface area contributed by atoms with Gasteiger partial charge in [-0.1, -0.05) is 13.8 Å². The summed E-state index contributed by atoms with van der Waals surface area (Å²) in [5.74, 6) is 0.672. The van der Waals surface area contributed by atoms with Gasteiger partial charge in [0.05, 0.1) is 12.1 Å². The van der Waals surface area contributed by atoms with Gasteiger partial charge in [0.1, 0.15) is 0 Å². The van der Waals surface area contributed by atoms with Crippen LogP contribution in [0.5, 0.6) is 0 Å². The van der Waals surface area contributed by atoms with Crippen molar-refractivity contribution in [1.29, 1.82) is 0 Å². The fourth-order valence-electron chi connectivity index (χ4n) is 1.65. The summed E-state index contributed by atoms with van der Waals surface area (Å²) in [5.41, 5.74) is 5.84. The van der Waals surface area contributed by atoms with Crippen molar-refractivity contribution in [2.75, 3.05) is 26.3 Å². The predicted octanol–water partition coefficient (Wildman–Crippen LogP) is 0.740. The Balaban J connectivity index is 2.38. The van der Waals surface area contributed by atoms with Crippen LogP contribution in [0.15, 0.2) is 0 Å². The summed E-state index contributed by atoms with van der Waals surface area (Å²) >= 11 is 0. The Labute approximate surface area is 81.0 Å². The van der Waals surface area contributed by atoms with E-state index in [1.54, 1.807) is 0 Å². The van der Waals surface area contributed by atoms with Gasteiger partial charge in [0.25, 0.3) is 0 Å². The van der Waals surface area contributed by atoms with Crippen LogP contribution in [0.1, 0.15) is 26.7 Å². The van der Waals surface area contributed by atoms with Gasteiger partial charge in [-0.3, -0.25) is 0 Å². The maximum atomic E-state index is 5.78. The second-order valence-electron chi connectivity index (χ2n) is 4.42. The molecule has 3 heteroatoms. The molecule has 3 N–H and O–H groups in total. The third-order valence-electron chi connectivity index (χ3n) is 2.60. The Morgan fingerprint density at radius 3 is 2.77 bits per heavy atom. The highest BCUT2D eigenvalue weighted by atomic mass is 16.5. The zero-order valence-corrected chi connectivity index (χ0v) is 8.81. The topological polar surface area (TPSA) is 47.3 Å². The minimum atomic E-state index is 0.0581. The average Bonchev–Trinajstić information content (AvgIpc) is 2.16. The molecular weight excluding hydrogens is 164 g/mol. The third-order valence-corrected chi connectivity index (χ3v) is 2.60. The molecule has 78 valence electrons. The van der Waals surface area contributed by atoms with Gasteiger partial charge in [-0.05, 0) is 25.3 Å². The first-order chi connectivity index (χ1) is 6.18. The molecule has 0 aliphatic carbocycles. The van der Waals surface area contributed by atoms with E-state index >= 15 is 0 Å². The molecule has 3 nitrogen and oxygen atoms in total. The van der Waals surface area contributed by atoms with E-state index in [1.807, 2.05) is 0 Å². The first kappa shape index (κ1) is 11.0. The Morgan fingerprint density at radius 1 is 1.54 bits per heavy atom. The highest BCUT2D eigenvalue weighted by molar-refractivity contribution is 4.91. The van der Waals surface area contributed by atoms with Crippen LogP contribution in [0.2, 0.25) is 0 Å². The fraction of sp³-hybridized carbons (Fsp3) is 1.00. The van der Waals surface area contributed by atoms with Gasteiger partial charge in [0.15, 0.2) is 0 Å². The van der Waals surface area contributed by atoms with Gasteiger partial charge in [0, 0.05) is 13.2 Å². The standard InChI is InChI=1S/C10H22N2O/c1-9(2)6-12-10(7-11)4-3-5-13-8-10/h9,12H,3-8,11H2,1-2H3. The molecule has 1 atom stereocenters. The second kappa shape index (κ2) is 4.94. The summed E-state index contributed by atoms with van der Waals surface area (Å²) in [6.07, 6.45) is 2.28. The Morgan fingerprint density at radius 2 is 2.31 bits per heavy atom. The second-order valence-corrected chi connectivity index (χ2v) is 4.42. The van der Waals surface area contributed by atoms with Crippen molar-refractivity contribution in [3.63, 3.8) is 0 Å². The molecule has 1 rings (SSSR count). The van der Waals surface area contributed by atoms with Crippen LogP contribution < -0.4 is 11.1 Å². The first-order valence-corrected chi connectivity index (χ1v) is 5.21. The lowest BCUT2D eigenvalue weighted by molar-refractivity contribution is 0.0229. The van der Waals surface area contributed by atoms with Crippen molar-refractivity contribution in [3.05, 3.63) is 0 Å². The van der Waals surface area contributed by atoms with Crippen molar-refractivity contribution < 1.29 is 4.74 Å². The van der Waals surface area contributed by atoms with E-state index in [1.165, 1.54) is 0 Å². The lowest BCUT2D eigenvalue weighted by Gasteiger charge is -2.37. The van der Waals surface area contributed by atoms with Crippen LogP contribution in [-0.4, -0.2) is 31.8 Å². The average molecular weight is 186 g/mol. The van der Waals surface area contributed by atoms with E-state index < -0.39 is 0 Å². The van der Waals surface area contributed by atoms with Crippen molar-refractivity contribution in [2.45, 2.75) is 32.2 Å². The molecule has 0 spiro atoms. The summed E-state index contributed by atoms with van der Waals surface area (Å²) in [5, 5.41) is 3.53. The molecule has 1 aliphatic heterocycles. The first-order valence-electron chi connectivity index (χ1n) is 5.21. The van der Waals surface area contributed by atoms with Gasteiger partial charge < -0.3 is 15.8 Å². The van der Waals surface area contributed by atoms with Crippen LogP contribution in [0.3, 0.4) is 0 Å². The smallest absolute Gasteiger partial charge is 0.0660 e. The molecule has 0 bridgehead atoms. The van der Waals surface area contributed by atoms with E-state index in [2.05, 4.69) is 19.2 Å². The summed E-state index contributed by atoms with van der Waals surface area (Å²) in [4.78, 5) is 0. The molecule has 1 saturated heterocycles. The third kappa shape index (κ3) is 3.25. The Hall–Kier alpha value is -0.120. The SMILES string of the molecule is CC(C)CNC1(CN)CCCOC1. The van der Waals surface area contributed by atoms with Crippen molar-refractivity contribution in [3.8, 4) is 0 Å². The van der Waals surface area contributed by atoms with E-state index in [0.717, 1.165) is 32.6 Å². The number of hydrogen-bond donors (Lipinski definition) is 2. The molecule has 0 amide bonds. The van der Waals surface area contributed by atoms with E-state index in [-0.39, 0.29) is 5.54 Å². The highest BCUT2D eigenvalue weighted by Crippen LogP contribution is 2.17. The monoisotopic (exact) mass is 186 g/mol. The number of rotatable bonds is 4. The quantitative estimate of drug-likeness (QED) is 0.681. The Kier molecular flexibility index (Phi) is 4.16. The minimum Gasteiger partial charge on any atom is -0.379 e. The summed E-state index contributed by atoms with van der Waals surface area (Å²) < 4.78 is 5.47. The van der Waals surface area contributed by atoms with Crippen molar-refractivity contribution >= 4 is 0 Å². The highest BCUT2D eigenvalue weighted by Gasteiger charge is 2.30. The van der Waals surface area contributed by atoms with Gasteiger partial charge in [-0.2, -0.15) is 0 Å². The molecule has 1 heterocycles. The summed E-state index contributed by atoms with van der Waals surface area (Å²) in [6, 6.07) is 0. The molecular formula is C10H22N2O. The molecule has 1 aliphatic rings. The van der Waals surface area contributed by atoms with E-state index in [4.69, 9.17) is 10.5 Å². The van der Waals surface area contributed by atoms with Gasteiger partial charge in [-0.15, -0.1) is 0 Å². The van der Waals surface area contributed by atoms with Gasteiger partial charge in [0.2, 0.25) is 0 Å². The van der Waals surface area contributed by atoms with Crippen LogP contribution >= 0.6 is 0 Å². The van der Waals surface area contributed by atoms with Crippen molar-refractivity contribution in [2.24, 2.45) is 11.7 Å². The Bertz CT molecular complexity index is 142. The molecule has 13 heavy (non-hydrogen) atoms. The molecule has 0 aromatic carbocycles. The zero-order valence-electron chi connectivity index (χ0n) is 8.81. The van der Waals surface area contributed by atoms with Crippen LogP contribution in [0.25, 0.3) is 0 Å². The molecule has 0 radical (unpaired) electrons. The molecule has 0 aromatic rings. The van der Waals surface area contributed by atoms with Crippen LogP contribution in [-0.2, 0) is 4.74 Å². The predicted molar refractivity (Wildman–Crippen MR) is 54.7 cm³/mol. The fourth-order valence-corrected chi connectivity index (χ4v) is 1.65. The molecule has 0 aromatic heterocycles. The number of nitrogens with one attached hydrogen (secondary N) is 1. The zero-order chi connectivity index (χ0) is 9.73. The van der Waals surface area contributed by atoms with Gasteiger partial charge in [-0.25, -0.2) is 0 Å². The molecule has 1 fully saturated rings. The van der Waals surface area contributed by atoms with Crippen LogP contribution in [0.4, 0.5) is 0 Å². The summed E-state index contributed by atoms with van der Waals surface area (Å²) in [6.45, 7) is 7.80. The normalized spacial score (nSPS) is 29.5. The maximum absolute atomic E-state index is 5.78. The largest absolute Gasteiger partial charge is 0.379 e. The lowest BCUT2D eigenvalue weighted by atomic mass is 9.92.